The number of aromatic nitrogens is 3. The first-order chi connectivity index (χ1) is 12.6. The molecule has 1 aliphatic rings. The Hall–Kier alpha value is -3.17. The fraction of sp³-hybridized carbons (Fsp3) is 0. The molecule has 1 aliphatic heterocycles. The molecule has 7 nitrogen and oxygen atoms in total. The second-order valence-corrected chi connectivity index (χ2v) is 6.62. The molecular formula is C17H11N5O2S2. The molecule has 0 atom stereocenters. The van der Waals surface area contributed by atoms with Crippen LogP contribution in [0.5, 0.6) is 5.88 Å². The zero-order chi connectivity index (χ0) is 18.1. The molecule has 0 spiro atoms. The molecule has 3 heterocycles. The molecule has 3 aromatic rings. The van der Waals surface area contributed by atoms with E-state index < -0.39 is 5.56 Å². The van der Waals surface area contributed by atoms with E-state index in [1.54, 1.807) is 6.20 Å². The quantitative estimate of drug-likeness (QED) is 0.589. The number of thiazole rings is 1. The molecule has 0 bridgehead atoms. The Labute approximate surface area is 155 Å². The summed E-state index contributed by atoms with van der Waals surface area (Å²) >= 11 is 6.23. The number of H-pyrrole nitrogens is 2. The van der Waals surface area contributed by atoms with Crippen molar-refractivity contribution in [3.8, 4) is 5.88 Å². The lowest BCUT2D eigenvalue weighted by Crippen LogP contribution is -2.30. The summed E-state index contributed by atoms with van der Waals surface area (Å²) < 4.78 is 0.0500. The van der Waals surface area contributed by atoms with Crippen LogP contribution in [-0.2, 0) is 0 Å². The van der Waals surface area contributed by atoms with Gasteiger partial charge in [0, 0.05) is 22.4 Å². The average Bonchev–Trinajstić information content (AvgIpc) is 3.11. The normalized spacial score (nSPS) is 16.2. The van der Waals surface area contributed by atoms with Gasteiger partial charge in [0.25, 0.3) is 5.56 Å². The molecule has 128 valence electrons. The van der Waals surface area contributed by atoms with E-state index in [0.29, 0.717) is 16.5 Å². The van der Waals surface area contributed by atoms with Crippen molar-refractivity contribution in [3.05, 3.63) is 72.7 Å². The Morgan fingerprint density at radius 3 is 2.88 bits per heavy atom. The average molecular weight is 381 g/mol. The number of para-hydroxylation sites is 1. The lowest BCUT2D eigenvalue weighted by atomic mass is 10.1. The van der Waals surface area contributed by atoms with E-state index in [0.717, 1.165) is 10.6 Å². The van der Waals surface area contributed by atoms with Gasteiger partial charge in [0.15, 0.2) is 10.6 Å². The standard InChI is InChI=1S/C17H11N5O2S2/c23-14-11(15(24)22-16(25)21-14)8-10-7-9-3-1-2-4-12(9)19-13(10)20-17-18-5-6-26-17/h1-8H,(H3,21,22,23,24,25)/b10-8+,20-13+. The third-order valence-electron chi connectivity index (χ3n) is 3.61. The van der Waals surface area contributed by atoms with Crippen molar-refractivity contribution in [1.29, 1.82) is 0 Å². The fourth-order valence-corrected chi connectivity index (χ4v) is 3.15. The minimum atomic E-state index is -0.500. The highest BCUT2D eigenvalue weighted by Gasteiger charge is 2.13. The van der Waals surface area contributed by atoms with Crippen molar-refractivity contribution in [1.82, 2.24) is 15.0 Å². The fourth-order valence-electron chi connectivity index (χ4n) is 2.45. The van der Waals surface area contributed by atoms with Crippen LogP contribution in [0, 0.1) is 4.77 Å². The highest BCUT2D eigenvalue weighted by molar-refractivity contribution is 7.71. The van der Waals surface area contributed by atoms with Gasteiger partial charge in [-0.3, -0.25) is 9.78 Å². The van der Waals surface area contributed by atoms with E-state index in [4.69, 9.17) is 12.2 Å². The van der Waals surface area contributed by atoms with Crippen LogP contribution in [0.25, 0.3) is 12.2 Å². The number of nitrogens with one attached hydrogen (secondary N) is 2. The second-order valence-electron chi connectivity index (χ2n) is 5.34. The van der Waals surface area contributed by atoms with E-state index >= 15 is 0 Å². The summed E-state index contributed by atoms with van der Waals surface area (Å²) in [5, 5.41) is 14.1. The third kappa shape index (κ3) is 3.17. The maximum Gasteiger partial charge on any atom is 0.262 e. The molecule has 0 aliphatic carbocycles. The Balaban J connectivity index is 1.97. The van der Waals surface area contributed by atoms with Crippen LogP contribution in [0.1, 0.15) is 5.56 Å². The Bertz CT molecular complexity index is 1280. The molecule has 1 aromatic carbocycles. The summed E-state index contributed by atoms with van der Waals surface area (Å²) in [7, 11) is 0. The Morgan fingerprint density at radius 1 is 1.27 bits per heavy atom. The molecule has 0 fully saturated rings. The molecule has 0 radical (unpaired) electrons. The van der Waals surface area contributed by atoms with Gasteiger partial charge in [-0.2, -0.15) is 4.99 Å². The number of rotatable bonds is 2. The van der Waals surface area contributed by atoms with Crippen LogP contribution in [0.3, 0.4) is 0 Å². The Morgan fingerprint density at radius 2 is 2.12 bits per heavy atom. The number of nitrogens with zero attached hydrogens (tertiary/aromatic N) is 3. The molecule has 0 amide bonds. The lowest BCUT2D eigenvalue weighted by molar-refractivity contribution is 0.448. The first-order valence-electron chi connectivity index (χ1n) is 7.51. The topological polar surface area (TPSA) is 106 Å². The molecule has 0 saturated heterocycles. The van der Waals surface area contributed by atoms with E-state index in [9.17, 15) is 9.90 Å². The summed E-state index contributed by atoms with van der Waals surface area (Å²) in [6.07, 6.45) is 5.03. The molecule has 3 N–H and O–H groups in total. The smallest absolute Gasteiger partial charge is 0.262 e. The van der Waals surface area contributed by atoms with Crippen LogP contribution in [-0.4, -0.2) is 25.9 Å². The minimum absolute atomic E-state index is 0.0475. The van der Waals surface area contributed by atoms with Gasteiger partial charge >= 0.3 is 0 Å². The maximum atomic E-state index is 12.2. The third-order valence-corrected chi connectivity index (χ3v) is 4.48. The van der Waals surface area contributed by atoms with E-state index in [1.165, 1.54) is 17.4 Å². The first kappa shape index (κ1) is 16.3. The monoisotopic (exact) mass is 381 g/mol. The predicted octanol–water partition coefficient (Wildman–Crippen LogP) is 1.82. The van der Waals surface area contributed by atoms with Gasteiger partial charge in [-0.25, -0.2) is 9.98 Å². The van der Waals surface area contributed by atoms with Crippen LogP contribution >= 0.6 is 23.6 Å². The summed E-state index contributed by atoms with van der Waals surface area (Å²) in [4.78, 5) is 30.3. The zero-order valence-electron chi connectivity index (χ0n) is 13.1. The number of amidine groups is 1. The molecule has 2 aromatic heterocycles. The highest BCUT2D eigenvalue weighted by Crippen LogP contribution is 2.20. The molecule has 26 heavy (non-hydrogen) atoms. The number of benzene rings is 1. The van der Waals surface area contributed by atoms with Gasteiger partial charge in [-0.1, -0.05) is 18.2 Å². The van der Waals surface area contributed by atoms with E-state index in [2.05, 4.69) is 24.9 Å². The molecule has 4 rings (SSSR count). The summed E-state index contributed by atoms with van der Waals surface area (Å²) in [6, 6.07) is 7.58. The highest BCUT2D eigenvalue weighted by atomic mass is 32.1. The van der Waals surface area contributed by atoms with Gasteiger partial charge < -0.3 is 10.1 Å². The predicted molar refractivity (Wildman–Crippen MR) is 103 cm³/mol. The van der Waals surface area contributed by atoms with Gasteiger partial charge in [0.1, 0.15) is 5.56 Å². The minimum Gasteiger partial charge on any atom is -0.494 e. The molecule has 0 unspecified atom stereocenters. The molecular weight excluding hydrogens is 370 g/mol. The number of hydrogen-bond acceptors (Lipinski definition) is 6. The van der Waals surface area contributed by atoms with Crippen LogP contribution in [0.15, 0.2) is 56.2 Å². The van der Waals surface area contributed by atoms with Crippen LogP contribution < -0.4 is 16.1 Å². The van der Waals surface area contributed by atoms with Gasteiger partial charge in [0.05, 0.1) is 5.36 Å². The first-order valence-corrected chi connectivity index (χ1v) is 8.80. The van der Waals surface area contributed by atoms with Crippen molar-refractivity contribution in [2.24, 2.45) is 9.98 Å². The number of aromatic amines is 2. The van der Waals surface area contributed by atoms with Crippen LogP contribution in [0.4, 0.5) is 5.13 Å². The Kier molecular flexibility index (Phi) is 4.15. The van der Waals surface area contributed by atoms with Gasteiger partial charge in [0.2, 0.25) is 11.0 Å². The van der Waals surface area contributed by atoms with Crippen molar-refractivity contribution in [2.45, 2.75) is 0 Å². The van der Waals surface area contributed by atoms with Crippen molar-refractivity contribution in [2.75, 3.05) is 0 Å². The largest absolute Gasteiger partial charge is 0.494 e. The maximum absolute atomic E-state index is 12.2. The molecule has 0 saturated carbocycles. The number of aromatic hydroxyl groups is 1. The van der Waals surface area contributed by atoms with Crippen molar-refractivity contribution < 1.29 is 5.11 Å². The van der Waals surface area contributed by atoms with E-state index in [-0.39, 0.29) is 16.2 Å². The lowest BCUT2D eigenvalue weighted by Gasteiger charge is -2.08. The SMILES string of the molecule is O=c1[nH]c(=S)[nH]c(O)c1/C=C1\C=c2ccccc2=N\C1=N\c1nccs1. The van der Waals surface area contributed by atoms with Gasteiger partial charge in [-0.15, -0.1) is 11.3 Å². The number of fused-ring (bicyclic) bond motifs is 1. The second kappa shape index (κ2) is 6.62. The summed E-state index contributed by atoms with van der Waals surface area (Å²) in [5.74, 6) is 0.0898. The van der Waals surface area contributed by atoms with Crippen molar-refractivity contribution >= 4 is 46.7 Å². The van der Waals surface area contributed by atoms with Gasteiger partial charge in [-0.05, 0) is 30.4 Å². The zero-order valence-corrected chi connectivity index (χ0v) is 14.8. The van der Waals surface area contributed by atoms with Crippen LogP contribution in [0.2, 0.25) is 0 Å². The number of hydrogen-bond donors (Lipinski definition) is 3. The van der Waals surface area contributed by atoms with E-state index in [1.807, 2.05) is 35.7 Å². The molecule has 9 heteroatoms. The summed E-state index contributed by atoms with van der Waals surface area (Å²) in [6.45, 7) is 0. The van der Waals surface area contributed by atoms with Crippen molar-refractivity contribution in [3.63, 3.8) is 0 Å². The number of aliphatic imine (C=N–C) groups is 1. The summed E-state index contributed by atoms with van der Waals surface area (Å²) in [5.41, 5.74) is 0.121.